The summed E-state index contributed by atoms with van der Waals surface area (Å²) in [5.74, 6) is 0.632. The van der Waals surface area contributed by atoms with Gasteiger partial charge < -0.3 is 14.8 Å². The maximum Gasteiger partial charge on any atom is 0.0591 e. The third-order valence-electron chi connectivity index (χ3n) is 2.51. The zero-order valence-corrected chi connectivity index (χ0v) is 10.9. The van der Waals surface area contributed by atoms with Crippen LogP contribution < -0.4 is 5.32 Å². The van der Waals surface area contributed by atoms with Crippen LogP contribution in [0, 0.1) is 0 Å². The molecule has 0 aromatic rings. The molecule has 92 valence electrons. The van der Waals surface area contributed by atoms with Gasteiger partial charge in [0, 0.05) is 38.3 Å². The quantitative estimate of drug-likeness (QED) is 0.466. The lowest BCUT2D eigenvalue weighted by Crippen LogP contribution is -2.45. The standard InChI is InChI=1S/C11H24ClNO2/c1-4-11(2,10-12)13-6-9-15-8-5-7-14-3/h13H,4-10H2,1-3H3. The van der Waals surface area contributed by atoms with Gasteiger partial charge in [0.15, 0.2) is 0 Å². The summed E-state index contributed by atoms with van der Waals surface area (Å²) in [4.78, 5) is 0. The maximum absolute atomic E-state index is 5.87. The van der Waals surface area contributed by atoms with E-state index in [1.807, 2.05) is 0 Å². The van der Waals surface area contributed by atoms with E-state index in [0.717, 1.165) is 39.2 Å². The van der Waals surface area contributed by atoms with Crippen LogP contribution in [0.15, 0.2) is 0 Å². The molecule has 0 spiro atoms. The molecule has 0 rings (SSSR count). The van der Waals surface area contributed by atoms with Crippen LogP contribution in [0.1, 0.15) is 26.7 Å². The highest BCUT2D eigenvalue weighted by molar-refractivity contribution is 6.18. The van der Waals surface area contributed by atoms with E-state index in [1.54, 1.807) is 7.11 Å². The highest BCUT2D eigenvalue weighted by Crippen LogP contribution is 2.10. The molecule has 0 saturated carbocycles. The topological polar surface area (TPSA) is 30.5 Å². The number of hydrogen-bond acceptors (Lipinski definition) is 3. The molecule has 0 heterocycles. The second kappa shape index (κ2) is 9.40. The lowest BCUT2D eigenvalue weighted by molar-refractivity contribution is 0.101. The molecule has 0 aliphatic heterocycles. The average molecular weight is 238 g/mol. The van der Waals surface area contributed by atoms with Crippen molar-refractivity contribution in [2.75, 3.05) is 39.4 Å². The van der Waals surface area contributed by atoms with Gasteiger partial charge >= 0.3 is 0 Å². The van der Waals surface area contributed by atoms with Gasteiger partial charge in [-0.2, -0.15) is 0 Å². The van der Waals surface area contributed by atoms with Gasteiger partial charge in [0.1, 0.15) is 0 Å². The predicted octanol–water partition coefficient (Wildman–Crippen LogP) is 2.04. The first-order valence-corrected chi connectivity index (χ1v) is 6.09. The normalized spacial score (nSPS) is 15.2. The molecule has 1 N–H and O–H groups in total. The van der Waals surface area contributed by atoms with Gasteiger partial charge in [-0.3, -0.25) is 0 Å². The molecular formula is C11H24ClNO2. The number of nitrogens with one attached hydrogen (secondary N) is 1. The van der Waals surface area contributed by atoms with Gasteiger partial charge in [-0.05, 0) is 19.8 Å². The van der Waals surface area contributed by atoms with E-state index < -0.39 is 0 Å². The second-order valence-corrected chi connectivity index (χ2v) is 4.20. The summed E-state index contributed by atoms with van der Waals surface area (Å²) in [5, 5.41) is 3.40. The van der Waals surface area contributed by atoms with Crippen LogP contribution in [0.3, 0.4) is 0 Å². The van der Waals surface area contributed by atoms with Crippen LogP contribution in [-0.4, -0.2) is 44.9 Å². The van der Waals surface area contributed by atoms with Crippen LogP contribution >= 0.6 is 11.6 Å². The first-order valence-electron chi connectivity index (χ1n) is 5.56. The first-order chi connectivity index (χ1) is 7.18. The monoisotopic (exact) mass is 237 g/mol. The predicted molar refractivity (Wildman–Crippen MR) is 64.7 cm³/mol. The Balaban J connectivity index is 3.29. The lowest BCUT2D eigenvalue weighted by atomic mass is 10.0. The second-order valence-electron chi connectivity index (χ2n) is 3.93. The van der Waals surface area contributed by atoms with Crippen molar-refractivity contribution in [3.63, 3.8) is 0 Å². The Bertz CT molecular complexity index is 141. The van der Waals surface area contributed by atoms with E-state index in [-0.39, 0.29) is 5.54 Å². The van der Waals surface area contributed by atoms with Crippen molar-refractivity contribution in [2.45, 2.75) is 32.2 Å². The summed E-state index contributed by atoms with van der Waals surface area (Å²) in [6.07, 6.45) is 1.98. The van der Waals surface area contributed by atoms with Gasteiger partial charge in [0.2, 0.25) is 0 Å². The third-order valence-corrected chi connectivity index (χ3v) is 3.10. The third kappa shape index (κ3) is 8.03. The summed E-state index contributed by atoms with van der Waals surface area (Å²) >= 11 is 5.87. The SMILES string of the molecule is CCC(C)(CCl)NCCOCCCOC. The molecule has 1 unspecified atom stereocenters. The van der Waals surface area contributed by atoms with Crippen molar-refractivity contribution in [2.24, 2.45) is 0 Å². The summed E-state index contributed by atoms with van der Waals surface area (Å²) in [6.45, 7) is 7.38. The van der Waals surface area contributed by atoms with Crippen LogP contribution in [0.2, 0.25) is 0 Å². The number of methoxy groups -OCH3 is 1. The van der Waals surface area contributed by atoms with Crippen molar-refractivity contribution < 1.29 is 9.47 Å². The molecule has 0 radical (unpaired) electrons. The summed E-state index contributed by atoms with van der Waals surface area (Å²) in [5.41, 5.74) is 0.0391. The van der Waals surface area contributed by atoms with Crippen LogP contribution in [0.5, 0.6) is 0 Å². The average Bonchev–Trinajstić information content (AvgIpc) is 2.27. The van der Waals surface area contributed by atoms with Crippen molar-refractivity contribution in [3.05, 3.63) is 0 Å². The Morgan fingerprint density at radius 2 is 2.00 bits per heavy atom. The highest BCUT2D eigenvalue weighted by Gasteiger charge is 2.18. The van der Waals surface area contributed by atoms with Gasteiger partial charge in [0.25, 0.3) is 0 Å². The van der Waals surface area contributed by atoms with Crippen molar-refractivity contribution in [3.8, 4) is 0 Å². The smallest absolute Gasteiger partial charge is 0.0591 e. The molecule has 1 atom stereocenters. The largest absolute Gasteiger partial charge is 0.385 e. The fourth-order valence-electron chi connectivity index (χ4n) is 1.10. The molecule has 0 fully saturated rings. The van der Waals surface area contributed by atoms with Gasteiger partial charge in [0.05, 0.1) is 6.61 Å². The molecule has 4 heteroatoms. The minimum Gasteiger partial charge on any atom is -0.385 e. The van der Waals surface area contributed by atoms with E-state index >= 15 is 0 Å². The fraction of sp³-hybridized carbons (Fsp3) is 1.00. The molecule has 0 saturated heterocycles. The van der Waals surface area contributed by atoms with Crippen molar-refractivity contribution >= 4 is 11.6 Å². The minimum absolute atomic E-state index is 0.0391. The summed E-state index contributed by atoms with van der Waals surface area (Å²) in [7, 11) is 1.70. The molecule has 0 amide bonds. The summed E-state index contributed by atoms with van der Waals surface area (Å²) in [6, 6.07) is 0. The van der Waals surface area contributed by atoms with E-state index in [4.69, 9.17) is 21.1 Å². The molecule has 0 aromatic heterocycles. The summed E-state index contributed by atoms with van der Waals surface area (Å²) < 4.78 is 10.4. The number of ether oxygens (including phenoxy) is 2. The lowest BCUT2D eigenvalue weighted by Gasteiger charge is -2.27. The van der Waals surface area contributed by atoms with E-state index in [9.17, 15) is 0 Å². The molecule has 0 aromatic carbocycles. The first kappa shape index (κ1) is 15.2. The number of alkyl halides is 1. The van der Waals surface area contributed by atoms with Crippen LogP contribution in [0.4, 0.5) is 0 Å². The number of halogens is 1. The van der Waals surface area contributed by atoms with Crippen molar-refractivity contribution in [1.29, 1.82) is 0 Å². The minimum atomic E-state index is 0.0391. The van der Waals surface area contributed by atoms with E-state index in [2.05, 4.69) is 19.2 Å². The Morgan fingerprint density at radius 3 is 2.53 bits per heavy atom. The van der Waals surface area contributed by atoms with Crippen LogP contribution in [0.25, 0.3) is 0 Å². The number of hydrogen-bond donors (Lipinski definition) is 1. The molecule has 15 heavy (non-hydrogen) atoms. The molecule has 0 aliphatic carbocycles. The Hall–Kier alpha value is 0.170. The zero-order chi connectivity index (χ0) is 11.6. The Kier molecular flexibility index (Phi) is 9.51. The van der Waals surface area contributed by atoms with Gasteiger partial charge in [-0.1, -0.05) is 6.92 Å². The zero-order valence-electron chi connectivity index (χ0n) is 10.1. The molecule has 0 aliphatic rings. The Labute approximate surface area is 98.5 Å². The van der Waals surface area contributed by atoms with E-state index in [1.165, 1.54) is 0 Å². The number of rotatable bonds is 10. The molecular weight excluding hydrogens is 214 g/mol. The van der Waals surface area contributed by atoms with E-state index in [0.29, 0.717) is 5.88 Å². The Morgan fingerprint density at radius 1 is 1.27 bits per heavy atom. The molecule has 3 nitrogen and oxygen atoms in total. The van der Waals surface area contributed by atoms with Gasteiger partial charge in [-0.15, -0.1) is 11.6 Å². The molecule has 0 bridgehead atoms. The van der Waals surface area contributed by atoms with Crippen molar-refractivity contribution in [1.82, 2.24) is 5.32 Å². The fourth-order valence-corrected chi connectivity index (χ4v) is 1.38. The van der Waals surface area contributed by atoms with Crippen LogP contribution in [-0.2, 0) is 9.47 Å². The maximum atomic E-state index is 5.87. The highest BCUT2D eigenvalue weighted by atomic mass is 35.5. The van der Waals surface area contributed by atoms with Gasteiger partial charge in [-0.25, -0.2) is 0 Å².